The molecule has 4 aromatic carbocycles. The SMILES string of the molecule is CC1(C)OB([C@H]2[C@H](OCc3ccccc3)[C@@H](COCc3ccccc3)O[C@H]2CCCCC[Se]c2cccc3ccccc23)OC1(C)C. The van der Waals surface area contributed by atoms with Crippen molar-refractivity contribution < 1.29 is 23.5 Å². The van der Waals surface area contributed by atoms with Crippen LogP contribution in [0.1, 0.15) is 64.5 Å². The Bertz CT molecular complexity index is 1530. The van der Waals surface area contributed by atoms with Crippen molar-refractivity contribution in [1.82, 2.24) is 0 Å². The van der Waals surface area contributed by atoms with E-state index >= 15 is 0 Å². The van der Waals surface area contributed by atoms with E-state index in [2.05, 4.69) is 107 Å². The minimum atomic E-state index is -0.433. The van der Waals surface area contributed by atoms with Gasteiger partial charge in [-0.15, -0.1) is 0 Å². The summed E-state index contributed by atoms with van der Waals surface area (Å²) < 4.78 is 34.8. The molecule has 0 amide bonds. The average molecular weight is 700 g/mol. The standard InChI is InChI=1S/C40H49BO5Se/c1-39(2)40(3,4)46-41(45-39)37-34(24-12-7-15-26-47-36-25-16-22-32-21-13-14-23-33(32)36)44-35(29-42-27-30-17-8-5-9-18-30)38(37)43-28-31-19-10-6-11-20-31/h5-6,8-11,13-14,16-23,25,34-35,37-38H,7,12,15,24,26-29H2,1-4H3/t34-,35+,37+,38+/m0/s1. The molecule has 6 rings (SSSR count). The molecule has 0 aromatic heterocycles. The molecule has 5 nitrogen and oxygen atoms in total. The Morgan fingerprint density at radius 3 is 2.04 bits per heavy atom. The van der Waals surface area contributed by atoms with Gasteiger partial charge in [0.15, 0.2) is 0 Å². The van der Waals surface area contributed by atoms with Gasteiger partial charge < -0.3 is 0 Å². The third kappa shape index (κ3) is 8.58. The van der Waals surface area contributed by atoms with E-state index in [1.165, 1.54) is 33.4 Å². The van der Waals surface area contributed by atoms with Crippen molar-refractivity contribution >= 4 is 37.3 Å². The first kappa shape index (κ1) is 34.4. The number of hydrogen-bond donors (Lipinski definition) is 0. The van der Waals surface area contributed by atoms with Crippen LogP contribution in [0, 0.1) is 0 Å². The molecule has 2 aliphatic rings. The van der Waals surface area contributed by atoms with Gasteiger partial charge in [-0.25, -0.2) is 0 Å². The molecule has 0 saturated carbocycles. The molecular weight excluding hydrogens is 650 g/mol. The summed E-state index contributed by atoms with van der Waals surface area (Å²) in [7, 11) is -0.417. The summed E-state index contributed by atoms with van der Waals surface area (Å²) in [5, 5.41) is 3.98. The summed E-state index contributed by atoms with van der Waals surface area (Å²) >= 11 is 0.466. The van der Waals surface area contributed by atoms with Crippen molar-refractivity contribution in [2.24, 2.45) is 0 Å². The predicted molar refractivity (Wildman–Crippen MR) is 192 cm³/mol. The maximum atomic E-state index is 6.88. The van der Waals surface area contributed by atoms with Crippen molar-refractivity contribution in [3.8, 4) is 0 Å². The number of rotatable bonds is 15. The van der Waals surface area contributed by atoms with Gasteiger partial charge in [-0.05, 0) is 0 Å². The molecule has 2 saturated heterocycles. The molecular formula is C40H49BO5Se. The van der Waals surface area contributed by atoms with Gasteiger partial charge in [-0.2, -0.15) is 0 Å². The molecule has 0 bridgehead atoms. The molecule has 47 heavy (non-hydrogen) atoms. The summed E-state index contributed by atoms with van der Waals surface area (Å²) in [4.78, 5) is 0. The van der Waals surface area contributed by atoms with Gasteiger partial charge in [0.25, 0.3) is 0 Å². The van der Waals surface area contributed by atoms with Crippen molar-refractivity contribution in [1.29, 1.82) is 0 Å². The van der Waals surface area contributed by atoms with Gasteiger partial charge >= 0.3 is 240 Å². The molecule has 4 aromatic rings. The van der Waals surface area contributed by atoms with Crippen LogP contribution in [0.15, 0.2) is 103 Å². The van der Waals surface area contributed by atoms with Crippen LogP contribution in [0.2, 0.25) is 11.1 Å². The van der Waals surface area contributed by atoms with Crippen LogP contribution in [0.3, 0.4) is 0 Å². The van der Waals surface area contributed by atoms with E-state index in [0.29, 0.717) is 34.8 Å². The van der Waals surface area contributed by atoms with Crippen LogP contribution < -0.4 is 4.46 Å². The Morgan fingerprint density at radius 2 is 1.32 bits per heavy atom. The third-order valence-electron chi connectivity index (χ3n) is 9.93. The van der Waals surface area contributed by atoms with Crippen LogP contribution in [0.5, 0.6) is 0 Å². The van der Waals surface area contributed by atoms with E-state index in [9.17, 15) is 0 Å². The molecule has 2 aliphatic heterocycles. The van der Waals surface area contributed by atoms with Gasteiger partial charge in [0, 0.05) is 0 Å². The Balaban J connectivity index is 1.12. The van der Waals surface area contributed by atoms with Crippen LogP contribution in [0.25, 0.3) is 10.8 Å². The summed E-state index contributed by atoms with van der Waals surface area (Å²) in [6.45, 7) is 9.98. The monoisotopic (exact) mass is 700 g/mol. The molecule has 2 fully saturated rings. The van der Waals surface area contributed by atoms with Crippen LogP contribution in [-0.4, -0.2) is 58.2 Å². The molecule has 248 valence electrons. The van der Waals surface area contributed by atoms with Gasteiger partial charge in [0.05, 0.1) is 0 Å². The number of ether oxygens (including phenoxy) is 3. The second-order valence-electron chi connectivity index (χ2n) is 13.9. The molecule has 2 heterocycles. The molecule has 7 heteroatoms. The van der Waals surface area contributed by atoms with E-state index in [4.69, 9.17) is 23.5 Å². The summed E-state index contributed by atoms with van der Waals surface area (Å²) in [6, 6.07) is 36.1. The van der Waals surface area contributed by atoms with Crippen molar-refractivity contribution in [3.63, 3.8) is 0 Å². The number of benzene rings is 4. The third-order valence-corrected chi connectivity index (χ3v) is 12.4. The van der Waals surface area contributed by atoms with Gasteiger partial charge in [-0.3, -0.25) is 0 Å². The van der Waals surface area contributed by atoms with Crippen LogP contribution in [0.4, 0.5) is 0 Å². The summed E-state index contributed by atoms with van der Waals surface area (Å²) in [5.74, 6) is -0.0648. The van der Waals surface area contributed by atoms with Gasteiger partial charge in [0.2, 0.25) is 0 Å². The topological polar surface area (TPSA) is 46.2 Å². The number of hydrogen-bond acceptors (Lipinski definition) is 5. The first-order valence-corrected chi connectivity index (χ1v) is 19.3. The quantitative estimate of drug-likeness (QED) is 0.0926. The predicted octanol–water partition coefficient (Wildman–Crippen LogP) is 8.18. The van der Waals surface area contributed by atoms with E-state index in [0.717, 1.165) is 24.0 Å². The molecule has 0 unspecified atom stereocenters. The van der Waals surface area contributed by atoms with E-state index < -0.39 is 18.3 Å². The van der Waals surface area contributed by atoms with Crippen molar-refractivity contribution in [2.75, 3.05) is 6.61 Å². The second-order valence-corrected chi connectivity index (χ2v) is 16.2. The van der Waals surface area contributed by atoms with E-state index in [1.807, 2.05) is 24.3 Å². The Morgan fingerprint density at radius 1 is 0.681 bits per heavy atom. The fraction of sp³-hybridized carbons (Fsp3) is 0.450. The molecule has 0 radical (unpaired) electrons. The number of fused-ring (bicyclic) bond motifs is 1. The van der Waals surface area contributed by atoms with Crippen LogP contribution >= 0.6 is 0 Å². The van der Waals surface area contributed by atoms with Crippen molar-refractivity contribution in [3.05, 3.63) is 114 Å². The zero-order chi connectivity index (χ0) is 32.7. The molecule has 0 aliphatic carbocycles. The zero-order valence-corrected chi connectivity index (χ0v) is 30.0. The first-order valence-electron chi connectivity index (χ1n) is 17.2. The van der Waals surface area contributed by atoms with E-state index in [1.54, 1.807) is 0 Å². The fourth-order valence-corrected chi connectivity index (χ4v) is 8.88. The summed E-state index contributed by atoms with van der Waals surface area (Å²) in [6.07, 6.45) is 3.94. The Kier molecular flexibility index (Phi) is 11.6. The van der Waals surface area contributed by atoms with Crippen molar-refractivity contribution in [2.45, 2.75) is 107 Å². The molecule has 0 N–H and O–H groups in total. The average Bonchev–Trinajstić information content (AvgIpc) is 3.53. The van der Waals surface area contributed by atoms with Gasteiger partial charge in [-0.1, -0.05) is 48.5 Å². The number of unbranched alkanes of at least 4 members (excludes halogenated alkanes) is 2. The van der Waals surface area contributed by atoms with Crippen LogP contribution in [-0.2, 0) is 36.7 Å². The second kappa shape index (κ2) is 15.8. The summed E-state index contributed by atoms with van der Waals surface area (Å²) in [5.41, 5.74) is 1.42. The normalized spacial score (nSPS) is 23.4. The fourth-order valence-electron chi connectivity index (χ4n) is 6.60. The Hall–Kier alpha value is -2.48. The molecule has 0 spiro atoms. The minimum absolute atomic E-state index is 0.0422. The first-order chi connectivity index (χ1) is 22.8. The van der Waals surface area contributed by atoms with E-state index in [-0.39, 0.29) is 24.1 Å². The zero-order valence-electron chi connectivity index (χ0n) is 28.3. The Labute approximate surface area is 288 Å². The molecule has 4 atom stereocenters. The van der Waals surface area contributed by atoms with Gasteiger partial charge in [0.1, 0.15) is 0 Å². The maximum absolute atomic E-state index is 6.88.